The topological polar surface area (TPSA) is 105 Å². The van der Waals surface area contributed by atoms with E-state index in [-0.39, 0.29) is 18.4 Å². The summed E-state index contributed by atoms with van der Waals surface area (Å²) in [6, 6.07) is 7.55. The van der Waals surface area contributed by atoms with Crippen molar-refractivity contribution in [2.45, 2.75) is 44.4 Å². The Labute approximate surface area is 171 Å². The van der Waals surface area contributed by atoms with Gasteiger partial charge in [-0.1, -0.05) is 25.5 Å². The van der Waals surface area contributed by atoms with E-state index in [4.69, 9.17) is 14.6 Å². The number of nitrogens with zero attached hydrogens (tertiary/aromatic N) is 1. The molecule has 8 nitrogen and oxygen atoms in total. The van der Waals surface area contributed by atoms with E-state index >= 15 is 0 Å². The standard InChI is InChI=1S/C21H30N2O6/c1-3-21(10-4-5-11-23(2)15-21)16-7-6-8-17(13-16)29-20(27)28-12-9-18(24)22-14-19(25)26/h6-8,13H,3-5,9-12,14-15H2,1-2H3,(H,22,24)(H,25,26). The molecule has 0 saturated carbocycles. The van der Waals surface area contributed by atoms with Gasteiger partial charge < -0.3 is 24.8 Å². The van der Waals surface area contributed by atoms with E-state index in [0.717, 1.165) is 37.9 Å². The third-order valence-corrected chi connectivity index (χ3v) is 5.33. The van der Waals surface area contributed by atoms with Crippen LogP contribution in [0.25, 0.3) is 0 Å². The molecule has 1 aromatic rings. The van der Waals surface area contributed by atoms with Crippen molar-refractivity contribution in [2.75, 3.05) is 33.3 Å². The summed E-state index contributed by atoms with van der Waals surface area (Å²) in [5, 5.41) is 10.7. The molecule has 29 heavy (non-hydrogen) atoms. The second kappa shape index (κ2) is 10.8. The molecule has 1 unspecified atom stereocenters. The van der Waals surface area contributed by atoms with Crippen LogP contribution in [0.4, 0.5) is 4.79 Å². The van der Waals surface area contributed by atoms with Gasteiger partial charge in [0.2, 0.25) is 5.91 Å². The number of nitrogens with one attached hydrogen (secondary N) is 1. The van der Waals surface area contributed by atoms with Crippen LogP contribution in [0, 0.1) is 0 Å². The van der Waals surface area contributed by atoms with Gasteiger partial charge in [0.1, 0.15) is 18.9 Å². The summed E-state index contributed by atoms with van der Waals surface area (Å²) in [7, 11) is 2.14. The summed E-state index contributed by atoms with van der Waals surface area (Å²) in [4.78, 5) is 36.1. The number of carbonyl (C=O) groups is 3. The first kappa shape index (κ1) is 22.7. The van der Waals surface area contributed by atoms with E-state index < -0.39 is 24.6 Å². The molecule has 1 saturated heterocycles. The number of carboxylic acid groups (broad SMARTS) is 1. The van der Waals surface area contributed by atoms with Crippen molar-refractivity contribution in [3.8, 4) is 5.75 Å². The van der Waals surface area contributed by atoms with E-state index in [1.807, 2.05) is 12.1 Å². The molecule has 1 amide bonds. The molecule has 1 aromatic carbocycles. The highest BCUT2D eigenvalue weighted by molar-refractivity contribution is 5.81. The summed E-state index contributed by atoms with van der Waals surface area (Å²) in [5.74, 6) is -1.24. The van der Waals surface area contributed by atoms with Crippen LogP contribution in [0.15, 0.2) is 24.3 Å². The average Bonchev–Trinajstić information content (AvgIpc) is 2.88. The van der Waals surface area contributed by atoms with Crippen molar-refractivity contribution in [3.63, 3.8) is 0 Å². The van der Waals surface area contributed by atoms with Gasteiger partial charge in [0.15, 0.2) is 0 Å². The molecule has 0 aliphatic carbocycles. The summed E-state index contributed by atoms with van der Waals surface area (Å²) in [5.41, 5.74) is 1.17. The predicted octanol–water partition coefficient (Wildman–Crippen LogP) is 2.56. The number of hydrogen-bond acceptors (Lipinski definition) is 6. The van der Waals surface area contributed by atoms with Crippen LogP contribution >= 0.6 is 0 Å². The number of likely N-dealkylation sites (N-methyl/N-ethyl adjacent to an activating group) is 1. The lowest BCUT2D eigenvalue weighted by Crippen LogP contribution is -2.37. The highest BCUT2D eigenvalue weighted by Crippen LogP contribution is 2.37. The lowest BCUT2D eigenvalue weighted by atomic mass is 9.74. The smallest absolute Gasteiger partial charge is 0.480 e. The highest BCUT2D eigenvalue weighted by atomic mass is 16.7. The number of hydrogen-bond donors (Lipinski definition) is 2. The molecule has 1 aliphatic rings. The Morgan fingerprint density at radius 2 is 2.07 bits per heavy atom. The fraction of sp³-hybridized carbons (Fsp3) is 0.571. The fourth-order valence-electron chi connectivity index (χ4n) is 3.75. The molecular weight excluding hydrogens is 376 g/mol. The molecule has 1 fully saturated rings. The van der Waals surface area contributed by atoms with Crippen LogP contribution in [0.3, 0.4) is 0 Å². The molecule has 2 N–H and O–H groups in total. The van der Waals surface area contributed by atoms with Gasteiger partial charge >= 0.3 is 12.1 Å². The molecule has 160 valence electrons. The zero-order valence-corrected chi connectivity index (χ0v) is 17.1. The Kier molecular flexibility index (Phi) is 8.45. The van der Waals surface area contributed by atoms with E-state index in [0.29, 0.717) is 5.75 Å². The molecule has 2 rings (SSSR count). The molecule has 0 spiro atoms. The molecule has 0 radical (unpaired) electrons. The summed E-state index contributed by atoms with van der Waals surface area (Å²) >= 11 is 0. The van der Waals surface area contributed by atoms with E-state index in [9.17, 15) is 14.4 Å². The van der Waals surface area contributed by atoms with Crippen molar-refractivity contribution >= 4 is 18.0 Å². The van der Waals surface area contributed by atoms with Gasteiger partial charge in [-0.15, -0.1) is 0 Å². The van der Waals surface area contributed by atoms with Crippen molar-refractivity contribution < 1.29 is 29.0 Å². The number of rotatable bonds is 8. The van der Waals surface area contributed by atoms with Gasteiger partial charge in [0.25, 0.3) is 0 Å². The summed E-state index contributed by atoms with van der Waals surface area (Å²) in [6.45, 7) is 3.58. The summed E-state index contributed by atoms with van der Waals surface area (Å²) in [6.07, 6.45) is 3.41. The Balaban J connectivity index is 1.92. The first-order chi connectivity index (χ1) is 13.8. The van der Waals surface area contributed by atoms with Crippen LogP contribution in [-0.2, 0) is 19.7 Å². The maximum atomic E-state index is 11.9. The largest absolute Gasteiger partial charge is 0.513 e. The van der Waals surface area contributed by atoms with Crippen molar-refractivity contribution in [3.05, 3.63) is 29.8 Å². The normalized spacial score (nSPS) is 19.8. The van der Waals surface area contributed by atoms with Crippen LogP contribution in [0.5, 0.6) is 5.75 Å². The van der Waals surface area contributed by atoms with Crippen LogP contribution in [0.1, 0.15) is 44.6 Å². The first-order valence-electron chi connectivity index (χ1n) is 9.97. The lowest BCUT2D eigenvalue weighted by molar-refractivity contribution is -0.138. The maximum absolute atomic E-state index is 11.9. The highest BCUT2D eigenvalue weighted by Gasteiger charge is 2.33. The Morgan fingerprint density at radius 3 is 2.79 bits per heavy atom. The molecule has 0 bridgehead atoms. The van der Waals surface area contributed by atoms with Crippen LogP contribution < -0.4 is 10.1 Å². The third-order valence-electron chi connectivity index (χ3n) is 5.33. The lowest BCUT2D eigenvalue weighted by Gasteiger charge is -2.35. The number of carboxylic acids is 1. The number of amides is 1. The number of carbonyl (C=O) groups excluding carboxylic acids is 2. The van der Waals surface area contributed by atoms with Gasteiger partial charge in [-0.05, 0) is 50.6 Å². The second-order valence-corrected chi connectivity index (χ2v) is 7.48. The van der Waals surface area contributed by atoms with Crippen LogP contribution in [-0.4, -0.2) is 61.3 Å². The molecule has 1 heterocycles. The first-order valence-corrected chi connectivity index (χ1v) is 9.97. The van der Waals surface area contributed by atoms with E-state index in [1.54, 1.807) is 6.07 Å². The number of aliphatic carboxylic acids is 1. The van der Waals surface area contributed by atoms with Crippen molar-refractivity contribution in [2.24, 2.45) is 0 Å². The third kappa shape index (κ3) is 7.05. The SMILES string of the molecule is CCC1(c2cccc(OC(=O)OCCC(=O)NCC(=O)O)c2)CCCCN(C)C1. The molecule has 0 aromatic heterocycles. The van der Waals surface area contributed by atoms with E-state index in [1.165, 1.54) is 6.42 Å². The number of likely N-dealkylation sites (tertiary alicyclic amines) is 1. The molecule has 1 aliphatic heterocycles. The van der Waals surface area contributed by atoms with Crippen molar-refractivity contribution in [1.82, 2.24) is 10.2 Å². The zero-order chi connectivity index (χ0) is 21.3. The Morgan fingerprint density at radius 1 is 1.28 bits per heavy atom. The number of benzene rings is 1. The van der Waals surface area contributed by atoms with Gasteiger partial charge in [-0.2, -0.15) is 0 Å². The molecule has 8 heteroatoms. The van der Waals surface area contributed by atoms with Gasteiger partial charge in [-0.25, -0.2) is 4.79 Å². The zero-order valence-electron chi connectivity index (χ0n) is 17.1. The minimum atomic E-state index is -1.14. The predicted molar refractivity (Wildman–Crippen MR) is 107 cm³/mol. The van der Waals surface area contributed by atoms with Crippen molar-refractivity contribution in [1.29, 1.82) is 0 Å². The second-order valence-electron chi connectivity index (χ2n) is 7.48. The van der Waals surface area contributed by atoms with E-state index in [2.05, 4.69) is 30.3 Å². The molecule has 1 atom stereocenters. The number of ether oxygens (including phenoxy) is 2. The van der Waals surface area contributed by atoms with Gasteiger partial charge in [-0.3, -0.25) is 9.59 Å². The average molecular weight is 406 g/mol. The molecular formula is C21H30N2O6. The fourth-order valence-corrected chi connectivity index (χ4v) is 3.75. The maximum Gasteiger partial charge on any atom is 0.513 e. The minimum absolute atomic E-state index is 0.0246. The quantitative estimate of drug-likeness (QED) is 0.505. The van der Waals surface area contributed by atoms with Gasteiger partial charge in [0, 0.05) is 12.0 Å². The van der Waals surface area contributed by atoms with Gasteiger partial charge in [0.05, 0.1) is 6.42 Å². The van der Waals surface area contributed by atoms with Crippen LogP contribution in [0.2, 0.25) is 0 Å². The Hall–Kier alpha value is -2.61. The Bertz CT molecular complexity index is 723. The minimum Gasteiger partial charge on any atom is -0.480 e. The summed E-state index contributed by atoms with van der Waals surface area (Å²) < 4.78 is 10.2. The monoisotopic (exact) mass is 406 g/mol.